The van der Waals surface area contributed by atoms with Crippen molar-refractivity contribution in [2.24, 2.45) is 11.1 Å². The monoisotopic (exact) mass is 382 g/mol. The molecular formula is C22H30N4O2. The predicted octanol–water partition coefficient (Wildman–Crippen LogP) is 2.36. The topological polar surface area (TPSA) is 97.1 Å². The zero-order chi connectivity index (χ0) is 20.8. The van der Waals surface area contributed by atoms with E-state index in [0.29, 0.717) is 6.42 Å². The summed E-state index contributed by atoms with van der Waals surface area (Å²) < 4.78 is 0. The second-order valence-electron chi connectivity index (χ2n) is 8.13. The van der Waals surface area contributed by atoms with Crippen molar-refractivity contribution < 1.29 is 9.59 Å². The van der Waals surface area contributed by atoms with Crippen molar-refractivity contribution in [1.29, 1.82) is 0 Å². The van der Waals surface area contributed by atoms with E-state index in [1.54, 1.807) is 33.9 Å². The minimum atomic E-state index is -1.08. The average Bonchev–Trinajstić information content (AvgIpc) is 2.68. The molecule has 150 valence electrons. The molecule has 0 saturated heterocycles. The smallest absolute Gasteiger partial charge is 0.245 e. The van der Waals surface area contributed by atoms with Crippen molar-refractivity contribution in [2.45, 2.75) is 45.7 Å². The molecule has 1 aromatic heterocycles. The molecule has 4 N–H and O–H groups in total. The first-order chi connectivity index (χ1) is 13.2. The van der Waals surface area contributed by atoms with Gasteiger partial charge in [-0.05, 0) is 45.4 Å². The van der Waals surface area contributed by atoms with Gasteiger partial charge < -0.3 is 16.4 Å². The second kappa shape index (κ2) is 8.97. The van der Waals surface area contributed by atoms with Gasteiger partial charge in [0.15, 0.2) is 0 Å². The number of nitrogens with two attached hydrogens (primary N) is 1. The van der Waals surface area contributed by atoms with Gasteiger partial charge >= 0.3 is 0 Å². The maximum atomic E-state index is 13.0. The molecule has 0 saturated carbocycles. The number of aromatic nitrogens is 1. The summed E-state index contributed by atoms with van der Waals surface area (Å²) in [6, 6.07) is 15.2. The second-order valence-corrected chi connectivity index (χ2v) is 8.13. The van der Waals surface area contributed by atoms with E-state index in [1.807, 2.05) is 48.5 Å². The van der Waals surface area contributed by atoms with Crippen LogP contribution >= 0.6 is 0 Å². The molecule has 0 aliphatic heterocycles. The van der Waals surface area contributed by atoms with Crippen molar-refractivity contribution in [2.75, 3.05) is 6.54 Å². The van der Waals surface area contributed by atoms with E-state index < -0.39 is 11.0 Å². The summed E-state index contributed by atoms with van der Waals surface area (Å²) in [5.41, 5.74) is 5.70. The number of pyridine rings is 1. The van der Waals surface area contributed by atoms with E-state index in [1.165, 1.54) is 0 Å². The van der Waals surface area contributed by atoms with Crippen molar-refractivity contribution in [1.82, 2.24) is 15.6 Å². The predicted molar refractivity (Wildman–Crippen MR) is 110 cm³/mol. The molecule has 2 rings (SSSR count). The summed E-state index contributed by atoms with van der Waals surface area (Å²) in [4.78, 5) is 29.9. The molecule has 1 heterocycles. The minimum Gasteiger partial charge on any atom is -0.347 e. The molecule has 0 aliphatic carbocycles. The lowest BCUT2D eigenvalue weighted by molar-refractivity contribution is -0.136. The minimum absolute atomic E-state index is 0.197. The third-order valence-corrected chi connectivity index (χ3v) is 4.77. The molecule has 28 heavy (non-hydrogen) atoms. The molecule has 0 aliphatic rings. The van der Waals surface area contributed by atoms with Crippen LogP contribution in [0.1, 0.15) is 45.0 Å². The van der Waals surface area contributed by atoms with E-state index in [0.717, 1.165) is 11.3 Å². The van der Waals surface area contributed by atoms with E-state index >= 15 is 0 Å². The van der Waals surface area contributed by atoms with Crippen molar-refractivity contribution >= 4 is 11.8 Å². The summed E-state index contributed by atoms with van der Waals surface area (Å²) in [5.74, 6) is -0.519. The average molecular weight is 383 g/mol. The Kier molecular flexibility index (Phi) is 6.91. The fourth-order valence-corrected chi connectivity index (χ4v) is 2.61. The molecule has 0 fully saturated rings. The van der Waals surface area contributed by atoms with E-state index in [4.69, 9.17) is 5.73 Å². The maximum Gasteiger partial charge on any atom is 0.245 e. The first-order valence-corrected chi connectivity index (χ1v) is 9.44. The molecule has 0 bridgehead atoms. The van der Waals surface area contributed by atoms with Crippen LogP contribution in [0, 0.1) is 5.41 Å². The Morgan fingerprint density at radius 2 is 1.64 bits per heavy atom. The summed E-state index contributed by atoms with van der Waals surface area (Å²) >= 11 is 0. The Labute approximate surface area is 166 Å². The first-order valence-electron chi connectivity index (χ1n) is 9.44. The highest BCUT2D eigenvalue weighted by Crippen LogP contribution is 2.20. The normalized spacial score (nSPS) is 12.9. The van der Waals surface area contributed by atoms with Crippen LogP contribution in [0.2, 0.25) is 0 Å². The number of hydrogen-bond acceptors (Lipinski definition) is 4. The lowest BCUT2D eigenvalue weighted by Crippen LogP contribution is -2.58. The van der Waals surface area contributed by atoms with Crippen LogP contribution in [0.5, 0.6) is 0 Å². The SMILES string of the molecule is CC(C)(CN)C(=O)NC(C)(C)C(=O)NC(Cc1ccccn1)c1ccccc1. The number of benzene rings is 1. The van der Waals surface area contributed by atoms with Gasteiger partial charge in [0.05, 0.1) is 11.5 Å². The Morgan fingerprint density at radius 3 is 2.21 bits per heavy atom. The number of rotatable bonds is 8. The van der Waals surface area contributed by atoms with Crippen LogP contribution in [0.15, 0.2) is 54.7 Å². The van der Waals surface area contributed by atoms with Crippen LogP contribution in [-0.2, 0) is 16.0 Å². The fraction of sp³-hybridized carbons (Fsp3) is 0.409. The molecule has 1 atom stereocenters. The summed E-state index contributed by atoms with van der Waals surface area (Å²) in [6.07, 6.45) is 2.28. The molecule has 6 nitrogen and oxygen atoms in total. The number of amides is 2. The quantitative estimate of drug-likeness (QED) is 0.653. The molecule has 2 amide bonds. The number of nitrogens with one attached hydrogen (secondary N) is 2. The van der Waals surface area contributed by atoms with Crippen LogP contribution in [0.3, 0.4) is 0 Å². The molecule has 1 unspecified atom stereocenters. The number of carbonyl (C=O) groups is 2. The van der Waals surface area contributed by atoms with Gasteiger partial charge in [0.1, 0.15) is 5.54 Å². The fourth-order valence-electron chi connectivity index (χ4n) is 2.61. The molecule has 6 heteroatoms. The number of hydrogen-bond donors (Lipinski definition) is 3. The van der Waals surface area contributed by atoms with Crippen molar-refractivity contribution in [3.05, 3.63) is 66.0 Å². The zero-order valence-electron chi connectivity index (χ0n) is 17.0. The molecular weight excluding hydrogens is 352 g/mol. The molecule has 0 radical (unpaired) electrons. The van der Waals surface area contributed by atoms with Crippen molar-refractivity contribution in [3.8, 4) is 0 Å². The van der Waals surface area contributed by atoms with Gasteiger partial charge in [-0.25, -0.2) is 0 Å². The van der Waals surface area contributed by atoms with Crippen LogP contribution in [0.4, 0.5) is 0 Å². The van der Waals surface area contributed by atoms with Gasteiger partial charge in [-0.1, -0.05) is 36.4 Å². The third kappa shape index (κ3) is 5.63. The Bertz CT molecular complexity index is 789. The Balaban J connectivity index is 2.18. The Hall–Kier alpha value is -2.73. The summed E-state index contributed by atoms with van der Waals surface area (Å²) in [7, 11) is 0. The van der Waals surface area contributed by atoms with Crippen LogP contribution in [0.25, 0.3) is 0 Å². The van der Waals surface area contributed by atoms with Gasteiger partial charge in [0.2, 0.25) is 11.8 Å². The highest BCUT2D eigenvalue weighted by atomic mass is 16.2. The van der Waals surface area contributed by atoms with E-state index in [9.17, 15) is 9.59 Å². The molecule has 1 aromatic carbocycles. The van der Waals surface area contributed by atoms with Gasteiger partial charge in [0.25, 0.3) is 0 Å². The summed E-state index contributed by atoms with van der Waals surface area (Å²) in [5, 5.41) is 5.89. The lowest BCUT2D eigenvalue weighted by atomic mass is 9.90. The highest BCUT2D eigenvalue weighted by molar-refractivity contribution is 5.92. The zero-order valence-corrected chi connectivity index (χ0v) is 17.0. The number of carbonyl (C=O) groups excluding carboxylic acids is 2. The Morgan fingerprint density at radius 1 is 1.00 bits per heavy atom. The summed E-state index contributed by atoms with van der Waals surface area (Å²) in [6.45, 7) is 7.09. The number of nitrogens with zero attached hydrogens (tertiary/aromatic N) is 1. The first kappa shape index (κ1) is 21.6. The van der Waals surface area contributed by atoms with Crippen LogP contribution in [-0.4, -0.2) is 28.9 Å². The van der Waals surface area contributed by atoms with E-state index in [2.05, 4.69) is 15.6 Å². The highest BCUT2D eigenvalue weighted by Gasteiger charge is 2.36. The van der Waals surface area contributed by atoms with Gasteiger partial charge in [0, 0.05) is 24.9 Å². The maximum absolute atomic E-state index is 13.0. The lowest BCUT2D eigenvalue weighted by Gasteiger charge is -2.32. The van der Waals surface area contributed by atoms with Gasteiger partial charge in [-0.2, -0.15) is 0 Å². The largest absolute Gasteiger partial charge is 0.347 e. The van der Waals surface area contributed by atoms with Gasteiger partial charge in [-0.3, -0.25) is 14.6 Å². The third-order valence-electron chi connectivity index (χ3n) is 4.77. The standard InChI is InChI=1S/C22H30N4O2/c1-21(2,15-23)19(27)26-22(3,4)20(28)25-18(16-10-6-5-7-11-16)14-17-12-8-9-13-24-17/h5-13,18H,14-15,23H2,1-4H3,(H,25,28)(H,26,27). The molecule has 0 spiro atoms. The van der Waals surface area contributed by atoms with Crippen LogP contribution < -0.4 is 16.4 Å². The van der Waals surface area contributed by atoms with Crippen molar-refractivity contribution in [3.63, 3.8) is 0 Å². The van der Waals surface area contributed by atoms with E-state index in [-0.39, 0.29) is 24.4 Å². The van der Waals surface area contributed by atoms with Gasteiger partial charge in [-0.15, -0.1) is 0 Å². The molecule has 2 aromatic rings.